The third kappa shape index (κ3) is 7.40. The predicted octanol–water partition coefficient (Wildman–Crippen LogP) is 3.97. The lowest BCUT2D eigenvalue weighted by Crippen LogP contribution is -2.23. The van der Waals surface area contributed by atoms with Crippen molar-refractivity contribution in [2.24, 2.45) is 0 Å². The van der Waals surface area contributed by atoms with Crippen molar-refractivity contribution < 1.29 is 32.6 Å². The molecule has 2 rings (SSSR count). The molecule has 0 aromatic heterocycles. The molecule has 1 N–H and O–H groups in total. The molecule has 0 heterocycles. The van der Waals surface area contributed by atoms with Crippen molar-refractivity contribution >= 4 is 11.7 Å². The number of carbonyl (C=O) groups excluding carboxylic acids is 2. The normalized spacial score (nSPS) is 10.5. The van der Waals surface area contributed by atoms with Gasteiger partial charge in [0.1, 0.15) is 5.75 Å². The number of amides is 1. The number of halogens is 2. The van der Waals surface area contributed by atoms with Crippen LogP contribution in [-0.4, -0.2) is 32.0 Å². The van der Waals surface area contributed by atoms with Crippen molar-refractivity contribution in [3.8, 4) is 17.2 Å². The first-order chi connectivity index (χ1) is 13.9. The second-order valence-corrected chi connectivity index (χ2v) is 6.18. The van der Waals surface area contributed by atoms with E-state index in [4.69, 9.17) is 9.47 Å². The molecule has 1 amide bonds. The molecule has 0 spiro atoms. The van der Waals surface area contributed by atoms with E-state index in [9.17, 15) is 18.4 Å². The Bertz CT molecular complexity index is 842. The van der Waals surface area contributed by atoms with Crippen LogP contribution in [0.25, 0.3) is 0 Å². The van der Waals surface area contributed by atoms with Crippen LogP contribution in [0.15, 0.2) is 42.5 Å². The van der Waals surface area contributed by atoms with Crippen LogP contribution in [0.3, 0.4) is 0 Å². The quantitative estimate of drug-likeness (QED) is 0.451. The zero-order chi connectivity index (χ0) is 21.2. The highest BCUT2D eigenvalue weighted by molar-refractivity contribution is 5.94. The van der Waals surface area contributed by atoms with Gasteiger partial charge in [-0.15, -0.1) is 0 Å². The van der Waals surface area contributed by atoms with Crippen molar-refractivity contribution in [2.75, 3.05) is 13.7 Å². The van der Waals surface area contributed by atoms with Crippen LogP contribution < -0.4 is 19.5 Å². The van der Waals surface area contributed by atoms with Crippen molar-refractivity contribution in [3.63, 3.8) is 0 Å². The number of hydrogen-bond acceptors (Lipinski definition) is 5. The van der Waals surface area contributed by atoms with Gasteiger partial charge in [-0.3, -0.25) is 9.59 Å². The smallest absolute Gasteiger partial charge is 0.387 e. The SMILES string of the molecule is COc1cc(C(C)=O)ccc1OCCCC(=O)NCc1cccc(OC(F)F)c1. The second-order valence-electron chi connectivity index (χ2n) is 6.18. The number of benzene rings is 2. The summed E-state index contributed by atoms with van der Waals surface area (Å²) in [7, 11) is 1.49. The van der Waals surface area contributed by atoms with Crippen molar-refractivity contribution in [3.05, 3.63) is 53.6 Å². The minimum absolute atomic E-state index is 0.0462. The molecule has 0 unspecified atom stereocenters. The first kappa shape index (κ1) is 22.1. The van der Waals surface area contributed by atoms with E-state index in [2.05, 4.69) is 10.1 Å². The zero-order valence-corrected chi connectivity index (χ0v) is 16.2. The highest BCUT2D eigenvalue weighted by Crippen LogP contribution is 2.28. The molecule has 0 fully saturated rings. The second kappa shape index (κ2) is 11.0. The summed E-state index contributed by atoms with van der Waals surface area (Å²) in [4.78, 5) is 23.4. The van der Waals surface area contributed by atoms with Crippen LogP contribution in [0.1, 0.15) is 35.7 Å². The summed E-state index contributed by atoms with van der Waals surface area (Å²) in [6, 6.07) is 11.1. The lowest BCUT2D eigenvalue weighted by molar-refractivity contribution is -0.121. The van der Waals surface area contributed by atoms with E-state index in [0.29, 0.717) is 35.7 Å². The van der Waals surface area contributed by atoms with E-state index >= 15 is 0 Å². The molecule has 0 radical (unpaired) electrons. The first-order valence-corrected chi connectivity index (χ1v) is 9.01. The number of alkyl halides is 2. The van der Waals surface area contributed by atoms with E-state index in [0.717, 1.165) is 0 Å². The molecule has 0 aliphatic heterocycles. The summed E-state index contributed by atoms with van der Waals surface area (Å²) < 4.78 is 39.7. The van der Waals surface area contributed by atoms with Crippen molar-refractivity contribution in [1.82, 2.24) is 5.32 Å². The van der Waals surface area contributed by atoms with E-state index in [1.807, 2.05) is 0 Å². The summed E-state index contributed by atoms with van der Waals surface area (Å²) in [5, 5.41) is 2.72. The lowest BCUT2D eigenvalue weighted by Gasteiger charge is -2.12. The standard InChI is InChI=1S/C21H23F2NO5/c1-14(25)16-8-9-18(19(12-16)27-2)28-10-4-7-20(26)24-13-15-5-3-6-17(11-15)29-21(22)23/h3,5-6,8-9,11-12,21H,4,7,10,13H2,1-2H3,(H,24,26). The van der Waals surface area contributed by atoms with Gasteiger partial charge in [-0.1, -0.05) is 12.1 Å². The predicted molar refractivity (Wildman–Crippen MR) is 103 cm³/mol. The highest BCUT2D eigenvalue weighted by atomic mass is 19.3. The number of ether oxygens (including phenoxy) is 3. The average Bonchev–Trinajstić information content (AvgIpc) is 2.69. The van der Waals surface area contributed by atoms with Crippen LogP contribution >= 0.6 is 0 Å². The molecule has 0 atom stereocenters. The monoisotopic (exact) mass is 407 g/mol. The fourth-order valence-electron chi connectivity index (χ4n) is 2.54. The highest BCUT2D eigenvalue weighted by Gasteiger charge is 2.09. The van der Waals surface area contributed by atoms with Gasteiger partial charge in [0.25, 0.3) is 0 Å². The first-order valence-electron chi connectivity index (χ1n) is 9.01. The molecule has 0 bridgehead atoms. The Kier molecular flexibility index (Phi) is 8.39. The summed E-state index contributed by atoms with van der Waals surface area (Å²) in [6.07, 6.45) is 0.707. The van der Waals surface area contributed by atoms with Gasteiger partial charge in [0, 0.05) is 18.5 Å². The molecule has 8 heteroatoms. The van der Waals surface area contributed by atoms with Gasteiger partial charge in [-0.25, -0.2) is 0 Å². The van der Waals surface area contributed by atoms with Gasteiger partial charge in [-0.05, 0) is 49.2 Å². The molecule has 6 nitrogen and oxygen atoms in total. The van der Waals surface area contributed by atoms with Crippen molar-refractivity contribution in [2.45, 2.75) is 32.9 Å². The summed E-state index contributed by atoms with van der Waals surface area (Å²) >= 11 is 0. The van der Waals surface area contributed by atoms with E-state index in [-0.39, 0.29) is 30.4 Å². The van der Waals surface area contributed by atoms with Gasteiger partial charge < -0.3 is 19.5 Å². The lowest BCUT2D eigenvalue weighted by atomic mass is 10.1. The Morgan fingerprint density at radius 3 is 2.59 bits per heavy atom. The minimum atomic E-state index is -2.89. The number of rotatable bonds is 11. The van der Waals surface area contributed by atoms with Crippen molar-refractivity contribution in [1.29, 1.82) is 0 Å². The summed E-state index contributed by atoms with van der Waals surface area (Å²) in [5.74, 6) is 0.734. The summed E-state index contributed by atoms with van der Waals surface area (Å²) in [6.45, 7) is -0.922. The Morgan fingerprint density at radius 1 is 1.10 bits per heavy atom. The maximum absolute atomic E-state index is 12.2. The number of ketones is 1. The van der Waals surface area contributed by atoms with E-state index < -0.39 is 6.61 Å². The van der Waals surface area contributed by atoms with Crippen LogP contribution in [0.5, 0.6) is 17.2 Å². The Balaban J connectivity index is 1.74. The molecule has 0 aliphatic carbocycles. The van der Waals surface area contributed by atoms with Gasteiger partial charge in [0.2, 0.25) is 5.91 Å². The van der Waals surface area contributed by atoms with Crippen LogP contribution in [-0.2, 0) is 11.3 Å². The maximum atomic E-state index is 12.2. The van der Waals surface area contributed by atoms with E-state index in [1.54, 1.807) is 30.3 Å². The molecule has 0 saturated carbocycles. The molecule has 29 heavy (non-hydrogen) atoms. The fourth-order valence-corrected chi connectivity index (χ4v) is 2.54. The number of nitrogens with one attached hydrogen (secondary N) is 1. The molecule has 156 valence electrons. The molecule has 2 aromatic carbocycles. The number of methoxy groups -OCH3 is 1. The third-order valence-corrected chi connectivity index (χ3v) is 3.99. The molecule has 2 aromatic rings. The van der Waals surface area contributed by atoms with Gasteiger partial charge in [0.15, 0.2) is 17.3 Å². The molecule has 0 aliphatic rings. The summed E-state index contributed by atoms with van der Waals surface area (Å²) in [5.41, 5.74) is 1.18. The van der Waals surface area contributed by atoms with E-state index in [1.165, 1.54) is 26.2 Å². The van der Waals surface area contributed by atoms with Gasteiger partial charge in [0.05, 0.1) is 13.7 Å². The minimum Gasteiger partial charge on any atom is -0.493 e. The van der Waals surface area contributed by atoms with Crippen LogP contribution in [0, 0.1) is 0 Å². The topological polar surface area (TPSA) is 73.9 Å². The average molecular weight is 407 g/mol. The molecular formula is C21H23F2NO5. The van der Waals surface area contributed by atoms with Crippen LogP contribution in [0.4, 0.5) is 8.78 Å². The van der Waals surface area contributed by atoms with Gasteiger partial charge >= 0.3 is 6.61 Å². The fraction of sp³-hybridized carbons (Fsp3) is 0.333. The molecule has 0 saturated heterocycles. The zero-order valence-electron chi connectivity index (χ0n) is 16.2. The molecular weight excluding hydrogens is 384 g/mol. The largest absolute Gasteiger partial charge is 0.493 e. The number of Topliss-reactive ketones (excluding diaryl/α,β-unsaturated/α-hetero) is 1. The third-order valence-electron chi connectivity index (χ3n) is 3.99. The Labute approximate surface area is 167 Å². The van der Waals surface area contributed by atoms with Gasteiger partial charge in [-0.2, -0.15) is 8.78 Å². The van der Waals surface area contributed by atoms with Crippen LogP contribution in [0.2, 0.25) is 0 Å². The Hall–Kier alpha value is -3.16. The number of carbonyl (C=O) groups is 2. The number of hydrogen-bond donors (Lipinski definition) is 1. The Morgan fingerprint density at radius 2 is 1.90 bits per heavy atom. The maximum Gasteiger partial charge on any atom is 0.387 e.